The van der Waals surface area contributed by atoms with Crippen molar-refractivity contribution < 1.29 is 9.90 Å². The lowest BCUT2D eigenvalue weighted by atomic mass is 10.1. The van der Waals surface area contributed by atoms with Crippen LogP contribution in [-0.2, 0) is 13.0 Å². The number of benzene rings is 1. The molecule has 20 heavy (non-hydrogen) atoms. The summed E-state index contributed by atoms with van der Waals surface area (Å²) in [6.45, 7) is 5.01. The van der Waals surface area contributed by atoms with Gasteiger partial charge < -0.3 is 10.0 Å². The van der Waals surface area contributed by atoms with Gasteiger partial charge in [0.15, 0.2) is 0 Å². The van der Waals surface area contributed by atoms with E-state index in [1.54, 1.807) is 0 Å². The van der Waals surface area contributed by atoms with Crippen molar-refractivity contribution >= 4 is 23.0 Å². The molecular formula is C16H17NO2S. The summed E-state index contributed by atoms with van der Waals surface area (Å²) >= 11 is 1.36. The third-order valence-corrected chi connectivity index (χ3v) is 5.00. The molecule has 104 valence electrons. The van der Waals surface area contributed by atoms with Crippen LogP contribution in [0.25, 0.3) is 0 Å². The van der Waals surface area contributed by atoms with Crippen molar-refractivity contribution in [1.82, 2.24) is 0 Å². The predicted octanol–water partition coefficient (Wildman–Crippen LogP) is 3.71. The quantitative estimate of drug-likeness (QED) is 0.935. The minimum Gasteiger partial charge on any atom is -0.477 e. The van der Waals surface area contributed by atoms with Gasteiger partial charge in [0.25, 0.3) is 0 Å². The van der Waals surface area contributed by atoms with Gasteiger partial charge in [0.1, 0.15) is 4.88 Å². The first-order chi connectivity index (χ1) is 9.56. The van der Waals surface area contributed by atoms with E-state index in [0.29, 0.717) is 10.9 Å². The lowest BCUT2D eigenvalue weighted by molar-refractivity contribution is 0.0702. The molecule has 1 aromatic carbocycles. The topological polar surface area (TPSA) is 40.5 Å². The summed E-state index contributed by atoms with van der Waals surface area (Å²) in [5, 5.41) is 9.09. The Morgan fingerprint density at radius 1 is 1.45 bits per heavy atom. The number of para-hydroxylation sites is 1. The number of anilines is 1. The van der Waals surface area contributed by atoms with Gasteiger partial charge in [0.2, 0.25) is 0 Å². The predicted molar refractivity (Wildman–Crippen MR) is 81.8 cm³/mol. The van der Waals surface area contributed by atoms with E-state index in [1.807, 2.05) is 13.0 Å². The second-order valence-corrected chi connectivity index (χ2v) is 6.56. The van der Waals surface area contributed by atoms with Gasteiger partial charge in [-0.1, -0.05) is 18.2 Å². The third-order valence-electron chi connectivity index (χ3n) is 3.92. The maximum Gasteiger partial charge on any atom is 0.345 e. The zero-order valence-electron chi connectivity index (χ0n) is 11.6. The Hall–Kier alpha value is -1.81. The van der Waals surface area contributed by atoms with Crippen molar-refractivity contribution in [3.05, 3.63) is 51.2 Å². The van der Waals surface area contributed by atoms with E-state index < -0.39 is 5.97 Å². The minimum atomic E-state index is -0.834. The molecule has 0 saturated heterocycles. The fourth-order valence-electron chi connectivity index (χ4n) is 2.84. The summed E-state index contributed by atoms with van der Waals surface area (Å²) < 4.78 is 0. The van der Waals surface area contributed by atoms with Crippen LogP contribution in [0.1, 0.15) is 32.6 Å². The molecule has 1 N–H and O–H groups in total. The Morgan fingerprint density at radius 2 is 2.20 bits per heavy atom. The second kappa shape index (κ2) is 4.94. The largest absolute Gasteiger partial charge is 0.477 e. The molecule has 0 bridgehead atoms. The summed E-state index contributed by atoms with van der Waals surface area (Å²) in [5.41, 5.74) is 3.78. The highest BCUT2D eigenvalue weighted by atomic mass is 32.1. The highest BCUT2D eigenvalue weighted by Gasteiger charge is 2.26. The smallest absolute Gasteiger partial charge is 0.345 e. The summed E-state index contributed by atoms with van der Waals surface area (Å²) in [6, 6.07) is 10.7. The number of aromatic carboxylic acids is 1. The molecule has 0 spiro atoms. The summed E-state index contributed by atoms with van der Waals surface area (Å²) in [6.07, 6.45) is 1.06. The Labute approximate surface area is 122 Å². The van der Waals surface area contributed by atoms with Gasteiger partial charge in [0, 0.05) is 23.2 Å². The van der Waals surface area contributed by atoms with Crippen LogP contribution in [0.4, 0.5) is 5.69 Å². The molecule has 4 heteroatoms. The van der Waals surface area contributed by atoms with Crippen molar-refractivity contribution in [3.8, 4) is 0 Å². The number of fused-ring (bicyclic) bond motifs is 1. The van der Waals surface area contributed by atoms with Gasteiger partial charge in [0.05, 0.1) is 0 Å². The van der Waals surface area contributed by atoms with Crippen molar-refractivity contribution in [3.63, 3.8) is 0 Å². The zero-order valence-corrected chi connectivity index (χ0v) is 12.4. The molecule has 2 aromatic rings. The highest BCUT2D eigenvalue weighted by Crippen LogP contribution is 2.34. The van der Waals surface area contributed by atoms with E-state index in [4.69, 9.17) is 5.11 Å². The number of thiophene rings is 1. The molecule has 2 heterocycles. The molecular weight excluding hydrogens is 270 g/mol. The van der Waals surface area contributed by atoms with Gasteiger partial charge >= 0.3 is 5.97 Å². The van der Waals surface area contributed by atoms with E-state index in [-0.39, 0.29) is 0 Å². The second-order valence-electron chi connectivity index (χ2n) is 5.31. The first-order valence-electron chi connectivity index (χ1n) is 6.73. The molecule has 1 aromatic heterocycles. The van der Waals surface area contributed by atoms with Crippen LogP contribution in [0.15, 0.2) is 30.3 Å². The van der Waals surface area contributed by atoms with Crippen LogP contribution >= 0.6 is 11.3 Å². The molecule has 3 nitrogen and oxygen atoms in total. The van der Waals surface area contributed by atoms with Gasteiger partial charge in [-0.25, -0.2) is 4.79 Å². The first kappa shape index (κ1) is 13.2. The standard InChI is InChI=1S/C16H17NO2S/c1-10-7-12-5-3-4-6-14(12)17(10)9-13-8-15(16(18)19)20-11(13)2/h3-6,8,10H,7,9H2,1-2H3,(H,18,19). The average molecular weight is 287 g/mol. The molecule has 1 aliphatic rings. The van der Waals surface area contributed by atoms with Crippen molar-refractivity contribution in [2.45, 2.75) is 32.9 Å². The van der Waals surface area contributed by atoms with E-state index in [9.17, 15) is 4.79 Å². The molecule has 1 unspecified atom stereocenters. The number of hydrogen-bond donors (Lipinski definition) is 1. The highest BCUT2D eigenvalue weighted by molar-refractivity contribution is 7.14. The number of nitrogens with zero attached hydrogens (tertiary/aromatic N) is 1. The molecule has 0 amide bonds. The van der Waals surface area contributed by atoms with Gasteiger partial charge in [-0.15, -0.1) is 11.3 Å². The summed E-state index contributed by atoms with van der Waals surface area (Å²) in [5.74, 6) is -0.834. The fraction of sp³-hybridized carbons (Fsp3) is 0.312. The maximum absolute atomic E-state index is 11.1. The number of hydrogen-bond acceptors (Lipinski definition) is 3. The van der Waals surface area contributed by atoms with Gasteiger partial charge in [-0.2, -0.15) is 0 Å². The lowest BCUT2D eigenvalue weighted by Crippen LogP contribution is -2.28. The number of aryl methyl sites for hydroxylation is 1. The maximum atomic E-state index is 11.1. The molecule has 0 aliphatic carbocycles. The van der Waals surface area contributed by atoms with Gasteiger partial charge in [-0.3, -0.25) is 0 Å². The molecule has 1 atom stereocenters. The van der Waals surface area contributed by atoms with Gasteiger partial charge in [-0.05, 0) is 43.5 Å². The average Bonchev–Trinajstić information content (AvgIpc) is 2.92. The SMILES string of the molecule is Cc1sc(C(=O)O)cc1CN1c2ccccc2CC1C. The van der Waals surface area contributed by atoms with E-state index in [2.05, 4.69) is 36.1 Å². The number of rotatable bonds is 3. The van der Waals surface area contributed by atoms with Crippen LogP contribution in [0.2, 0.25) is 0 Å². The molecule has 3 rings (SSSR count). The third kappa shape index (κ3) is 2.20. The Balaban J connectivity index is 1.90. The monoisotopic (exact) mass is 287 g/mol. The van der Waals surface area contributed by atoms with Crippen molar-refractivity contribution in [1.29, 1.82) is 0 Å². The van der Waals surface area contributed by atoms with Crippen molar-refractivity contribution in [2.24, 2.45) is 0 Å². The van der Waals surface area contributed by atoms with E-state index in [0.717, 1.165) is 23.4 Å². The van der Waals surface area contributed by atoms with Crippen LogP contribution in [0.5, 0.6) is 0 Å². The number of carboxylic acid groups (broad SMARTS) is 1. The Kier molecular flexibility index (Phi) is 3.26. The fourth-order valence-corrected chi connectivity index (χ4v) is 3.71. The Morgan fingerprint density at radius 3 is 2.90 bits per heavy atom. The number of carboxylic acids is 1. The van der Waals surface area contributed by atoms with E-state index in [1.165, 1.54) is 22.6 Å². The normalized spacial score (nSPS) is 17.3. The van der Waals surface area contributed by atoms with Crippen LogP contribution in [0.3, 0.4) is 0 Å². The summed E-state index contributed by atoms with van der Waals surface area (Å²) in [7, 11) is 0. The molecule has 1 aliphatic heterocycles. The lowest BCUT2D eigenvalue weighted by Gasteiger charge is -2.24. The number of carbonyl (C=O) groups is 1. The molecule has 0 radical (unpaired) electrons. The van der Waals surface area contributed by atoms with Crippen LogP contribution in [-0.4, -0.2) is 17.1 Å². The van der Waals surface area contributed by atoms with Crippen LogP contribution in [0, 0.1) is 6.92 Å². The molecule has 0 saturated carbocycles. The van der Waals surface area contributed by atoms with Crippen molar-refractivity contribution in [2.75, 3.05) is 4.90 Å². The first-order valence-corrected chi connectivity index (χ1v) is 7.55. The molecule has 0 fully saturated rings. The minimum absolute atomic E-state index is 0.428. The zero-order chi connectivity index (χ0) is 14.3. The van der Waals surface area contributed by atoms with Crippen LogP contribution < -0.4 is 4.90 Å². The van der Waals surface area contributed by atoms with E-state index >= 15 is 0 Å². The Bertz CT molecular complexity index is 662. The summed E-state index contributed by atoms with van der Waals surface area (Å²) in [4.78, 5) is 15.0.